The van der Waals surface area contributed by atoms with Gasteiger partial charge in [0.1, 0.15) is 31.3 Å². The second-order valence-electron chi connectivity index (χ2n) is 11.4. The van der Waals surface area contributed by atoms with Gasteiger partial charge in [-0.15, -0.1) is 0 Å². The summed E-state index contributed by atoms with van der Waals surface area (Å²) >= 11 is 0. The van der Waals surface area contributed by atoms with Gasteiger partial charge in [0.05, 0.1) is 6.61 Å². The number of esters is 1. The zero-order valence-corrected chi connectivity index (χ0v) is 25.3. The fraction of sp³-hybridized carbons (Fsp3) is 0.432. The second-order valence-corrected chi connectivity index (χ2v) is 11.4. The Bertz CT molecular complexity index is 1270. The Labute approximate surface area is 251 Å². The standard InChI is InChI=1S/C37H46O5/c1-4-5-6-7-28-8-10-29(11-9-28)30-12-14-31(15-13-30)33-18-21-35(32-16-19-34(20-17-32)40-23-22-38)36(26-33)41-24-25-42-37(39)27(2)3/h12-21,26,28-29,38H,2,4-11,22-25H2,1,3H3. The molecule has 1 N–H and O–H groups in total. The highest BCUT2D eigenvalue weighted by molar-refractivity contribution is 5.86. The van der Waals surface area contributed by atoms with E-state index >= 15 is 0 Å². The van der Waals surface area contributed by atoms with Crippen molar-refractivity contribution in [1.82, 2.24) is 0 Å². The van der Waals surface area contributed by atoms with Crippen molar-refractivity contribution >= 4 is 5.97 Å². The minimum absolute atomic E-state index is 0.0294. The first-order valence-electron chi connectivity index (χ1n) is 15.5. The number of unbranched alkanes of at least 4 members (excludes halogenated alkanes) is 2. The quantitative estimate of drug-likeness (QED) is 0.112. The van der Waals surface area contributed by atoms with Crippen molar-refractivity contribution in [3.8, 4) is 33.8 Å². The molecule has 3 aromatic rings. The molecule has 0 saturated heterocycles. The smallest absolute Gasteiger partial charge is 0.333 e. The third kappa shape index (κ3) is 8.96. The number of carbonyl (C=O) groups is 1. The van der Waals surface area contributed by atoms with Gasteiger partial charge in [0.2, 0.25) is 0 Å². The van der Waals surface area contributed by atoms with Gasteiger partial charge in [0.15, 0.2) is 0 Å². The van der Waals surface area contributed by atoms with E-state index in [9.17, 15) is 4.79 Å². The molecule has 0 aromatic heterocycles. The van der Waals surface area contributed by atoms with Crippen LogP contribution in [-0.2, 0) is 9.53 Å². The van der Waals surface area contributed by atoms with Gasteiger partial charge in [0.25, 0.3) is 0 Å². The lowest BCUT2D eigenvalue weighted by molar-refractivity contribution is -0.139. The molecular weight excluding hydrogens is 524 g/mol. The highest BCUT2D eigenvalue weighted by Gasteiger charge is 2.22. The van der Waals surface area contributed by atoms with E-state index < -0.39 is 5.97 Å². The van der Waals surface area contributed by atoms with E-state index in [-0.39, 0.29) is 26.4 Å². The van der Waals surface area contributed by atoms with Crippen molar-refractivity contribution in [2.24, 2.45) is 5.92 Å². The predicted molar refractivity (Wildman–Crippen MR) is 170 cm³/mol. The summed E-state index contributed by atoms with van der Waals surface area (Å²) in [5.74, 6) is 2.57. The normalized spacial score (nSPS) is 16.5. The van der Waals surface area contributed by atoms with E-state index in [0.29, 0.717) is 23.0 Å². The number of rotatable bonds is 15. The number of aliphatic hydroxyl groups is 1. The summed E-state index contributed by atoms with van der Waals surface area (Å²) in [5.41, 5.74) is 5.94. The first-order chi connectivity index (χ1) is 20.5. The Kier molecular flexibility index (Phi) is 12.1. The van der Waals surface area contributed by atoms with Gasteiger partial charge in [-0.25, -0.2) is 4.79 Å². The maximum atomic E-state index is 11.8. The van der Waals surface area contributed by atoms with Crippen LogP contribution in [-0.4, -0.2) is 37.5 Å². The fourth-order valence-corrected chi connectivity index (χ4v) is 5.78. The minimum Gasteiger partial charge on any atom is -0.491 e. The second kappa shape index (κ2) is 16.2. The number of aliphatic hydroxyl groups excluding tert-OH is 1. The molecule has 1 fully saturated rings. The molecule has 0 unspecified atom stereocenters. The molecular formula is C37H46O5. The van der Waals surface area contributed by atoms with Gasteiger partial charge >= 0.3 is 5.97 Å². The summed E-state index contributed by atoms with van der Waals surface area (Å²) in [4.78, 5) is 11.8. The molecule has 42 heavy (non-hydrogen) atoms. The zero-order chi connectivity index (χ0) is 29.7. The van der Waals surface area contributed by atoms with Crippen molar-refractivity contribution in [2.75, 3.05) is 26.4 Å². The van der Waals surface area contributed by atoms with Crippen LogP contribution in [0.2, 0.25) is 0 Å². The average Bonchev–Trinajstić information content (AvgIpc) is 3.02. The van der Waals surface area contributed by atoms with Crippen molar-refractivity contribution in [2.45, 2.75) is 71.1 Å². The molecule has 1 aliphatic rings. The summed E-state index contributed by atoms with van der Waals surface area (Å²) in [7, 11) is 0. The molecule has 5 nitrogen and oxygen atoms in total. The number of benzene rings is 3. The summed E-state index contributed by atoms with van der Waals surface area (Å²) in [5, 5.41) is 9.03. The average molecular weight is 571 g/mol. The third-order valence-electron chi connectivity index (χ3n) is 8.21. The van der Waals surface area contributed by atoms with E-state index in [1.54, 1.807) is 6.92 Å². The Hall–Kier alpha value is -3.57. The third-order valence-corrected chi connectivity index (χ3v) is 8.21. The van der Waals surface area contributed by atoms with Crippen molar-refractivity contribution < 1.29 is 24.1 Å². The molecule has 5 heteroatoms. The molecule has 4 rings (SSSR count). The van der Waals surface area contributed by atoms with Crippen LogP contribution in [0.3, 0.4) is 0 Å². The van der Waals surface area contributed by atoms with E-state index in [2.05, 4.69) is 56.0 Å². The SMILES string of the molecule is C=C(C)C(=O)OCCOc1cc(-c2ccc(C3CCC(CCCCC)CC3)cc2)ccc1-c1ccc(OCCO)cc1. The first-order valence-corrected chi connectivity index (χ1v) is 15.5. The highest BCUT2D eigenvalue weighted by Crippen LogP contribution is 2.39. The summed E-state index contributed by atoms with van der Waals surface area (Å²) in [6, 6.07) is 23.0. The van der Waals surface area contributed by atoms with Gasteiger partial charge in [-0.2, -0.15) is 0 Å². The van der Waals surface area contributed by atoms with Crippen LogP contribution in [0.15, 0.2) is 78.9 Å². The van der Waals surface area contributed by atoms with Crippen molar-refractivity contribution in [3.63, 3.8) is 0 Å². The molecule has 1 aliphatic carbocycles. The highest BCUT2D eigenvalue weighted by atomic mass is 16.6. The molecule has 0 amide bonds. The Morgan fingerprint density at radius 2 is 1.52 bits per heavy atom. The first kappa shape index (κ1) is 31.4. The lowest BCUT2D eigenvalue weighted by atomic mass is 9.77. The molecule has 1 saturated carbocycles. The van der Waals surface area contributed by atoms with E-state index in [4.69, 9.17) is 19.3 Å². The summed E-state index contributed by atoms with van der Waals surface area (Å²) in [6.45, 7) is 8.13. The van der Waals surface area contributed by atoms with Crippen LogP contribution < -0.4 is 9.47 Å². The Morgan fingerprint density at radius 1 is 0.833 bits per heavy atom. The maximum Gasteiger partial charge on any atom is 0.333 e. The lowest BCUT2D eigenvalue weighted by Gasteiger charge is -2.29. The minimum atomic E-state index is -0.420. The number of ether oxygens (including phenoxy) is 3. The molecule has 0 heterocycles. The molecule has 0 spiro atoms. The van der Waals surface area contributed by atoms with E-state index in [1.165, 1.54) is 56.9 Å². The lowest BCUT2D eigenvalue weighted by Crippen LogP contribution is -2.13. The topological polar surface area (TPSA) is 65.0 Å². The molecule has 0 bridgehead atoms. The molecule has 0 radical (unpaired) electrons. The van der Waals surface area contributed by atoms with Crippen LogP contribution >= 0.6 is 0 Å². The van der Waals surface area contributed by atoms with E-state index in [0.717, 1.165) is 28.2 Å². The van der Waals surface area contributed by atoms with Crippen LogP contribution in [0.5, 0.6) is 11.5 Å². The molecule has 3 aromatic carbocycles. The number of hydrogen-bond donors (Lipinski definition) is 1. The van der Waals surface area contributed by atoms with Crippen molar-refractivity contribution in [3.05, 3.63) is 84.4 Å². The van der Waals surface area contributed by atoms with Gasteiger partial charge in [-0.05, 0) is 84.9 Å². The largest absolute Gasteiger partial charge is 0.491 e. The molecule has 0 atom stereocenters. The summed E-state index contributed by atoms with van der Waals surface area (Å²) < 4.78 is 16.9. The summed E-state index contributed by atoms with van der Waals surface area (Å²) in [6.07, 6.45) is 10.8. The zero-order valence-electron chi connectivity index (χ0n) is 25.3. The van der Waals surface area contributed by atoms with Crippen LogP contribution in [0.1, 0.15) is 76.7 Å². The van der Waals surface area contributed by atoms with Gasteiger partial charge in [-0.3, -0.25) is 0 Å². The van der Waals surface area contributed by atoms with Crippen molar-refractivity contribution in [1.29, 1.82) is 0 Å². The number of hydrogen-bond acceptors (Lipinski definition) is 5. The van der Waals surface area contributed by atoms with Crippen LogP contribution in [0, 0.1) is 5.92 Å². The molecule has 224 valence electrons. The van der Waals surface area contributed by atoms with Gasteiger partial charge in [-0.1, -0.05) is 87.7 Å². The number of carbonyl (C=O) groups excluding carboxylic acids is 1. The van der Waals surface area contributed by atoms with E-state index in [1.807, 2.05) is 24.3 Å². The molecule has 0 aliphatic heterocycles. The monoisotopic (exact) mass is 570 g/mol. The van der Waals surface area contributed by atoms with Crippen LogP contribution in [0.25, 0.3) is 22.3 Å². The van der Waals surface area contributed by atoms with Crippen LogP contribution in [0.4, 0.5) is 0 Å². The van der Waals surface area contributed by atoms with Gasteiger partial charge in [0, 0.05) is 11.1 Å². The predicted octanol–water partition coefficient (Wildman–Crippen LogP) is 8.74. The maximum absolute atomic E-state index is 11.8. The fourth-order valence-electron chi connectivity index (χ4n) is 5.78. The Morgan fingerprint density at radius 3 is 2.19 bits per heavy atom. The Balaban J connectivity index is 1.47. The van der Waals surface area contributed by atoms with Gasteiger partial charge < -0.3 is 19.3 Å².